The van der Waals surface area contributed by atoms with Crippen LogP contribution in [-0.2, 0) is 4.79 Å². The molecule has 1 aromatic rings. The van der Waals surface area contributed by atoms with Crippen molar-refractivity contribution in [3.05, 3.63) is 29.8 Å². The van der Waals surface area contributed by atoms with Crippen LogP contribution < -0.4 is 15.8 Å². The Morgan fingerprint density at radius 2 is 1.95 bits per heavy atom. The van der Waals surface area contributed by atoms with Crippen LogP contribution in [0.15, 0.2) is 24.3 Å². The topological polar surface area (TPSA) is 64.3 Å². The number of hydrogen-bond acceptors (Lipinski definition) is 5. The highest BCUT2D eigenvalue weighted by atomic mass is 35.5. The first kappa shape index (κ1) is 19.5. The number of halogens is 1. The lowest BCUT2D eigenvalue weighted by atomic mass is 10.2. The Hall–Kier alpha value is -0.560. The van der Waals surface area contributed by atoms with Crippen LogP contribution in [-0.4, -0.2) is 37.1 Å². The third kappa shape index (κ3) is 6.69. The molecular formula is C15H23ClN2O2S2. The molecule has 0 aromatic heterocycles. The molecule has 2 rings (SSSR count). The van der Waals surface area contributed by atoms with Crippen LogP contribution in [0.5, 0.6) is 5.75 Å². The number of ether oxygens (including phenoxy) is 1. The van der Waals surface area contributed by atoms with E-state index in [1.165, 1.54) is 23.5 Å². The van der Waals surface area contributed by atoms with E-state index in [0.717, 1.165) is 12.2 Å². The van der Waals surface area contributed by atoms with Gasteiger partial charge in [-0.3, -0.25) is 4.79 Å². The van der Waals surface area contributed by atoms with Gasteiger partial charge in [0.2, 0.25) is 0 Å². The number of carbonyl (C=O) groups is 1. The standard InChI is InChI=1S/C15H22N2O2S2.ClH/c16-7-1-8-17-14(18)11-19-13-5-3-12(4-6-13)15-20-9-2-10-21-15;/h3-6,15H,1-2,7-11,16H2,(H,17,18);1H. The average Bonchev–Trinajstić information content (AvgIpc) is 2.54. The molecule has 1 fully saturated rings. The number of benzene rings is 1. The first-order valence-electron chi connectivity index (χ1n) is 7.22. The smallest absolute Gasteiger partial charge is 0.257 e. The Morgan fingerprint density at radius 1 is 1.27 bits per heavy atom. The lowest BCUT2D eigenvalue weighted by Gasteiger charge is -2.21. The lowest BCUT2D eigenvalue weighted by Crippen LogP contribution is -2.30. The van der Waals surface area contributed by atoms with Crippen LogP contribution in [0.4, 0.5) is 0 Å². The van der Waals surface area contributed by atoms with Crippen molar-refractivity contribution in [1.29, 1.82) is 0 Å². The second kappa shape index (κ2) is 11.0. The SMILES string of the molecule is Cl.NCCCNC(=O)COc1ccc(C2SCCCS2)cc1. The second-order valence-corrected chi connectivity index (χ2v) is 7.50. The molecule has 0 atom stereocenters. The summed E-state index contributed by atoms with van der Waals surface area (Å²) in [5.41, 5.74) is 6.69. The number of nitrogens with two attached hydrogens (primary N) is 1. The second-order valence-electron chi connectivity index (χ2n) is 4.78. The van der Waals surface area contributed by atoms with Crippen molar-refractivity contribution in [2.45, 2.75) is 17.4 Å². The number of thioether (sulfide) groups is 2. The number of hydrogen-bond donors (Lipinski definition) is 2. The Bertz CT molecular complexity index is 440. The summed E-state index contributed by atoms with van der Waals surface area (Å²) in [6, 6.07) is 8.08. The average molecular weight is 363 g/mol. The molecule has 1 saturated heterocycles. The summed E-state index contributed by atoms with van der Waals surface area (Å²) in [7, 11) is 0. The first-order valence-corrected chi connectivity index (χ1v) is 9.32. The van der Waals surface area contributed by atoms with Crippen molar-refractivity contribution in [3.8, 4) is 5.75 Å². The third-order valence-electron chi connectivity index (χ3n) is 3.05. The largest absolute Gasteiger partial charge is 0.484 e. The maximum atomic E-state index is 11.5. The zero-order valence-corrected chi connectivity index (χ0v) is 14.9. The number of carbonyl (C=O) groups excluding carboxylic acids is 1. The fourth-order valence-electron chi connectivity index (χ4n) is 1.93. The van der Waals surface area contributed by atoms with E-state index in [2.05, 4.69) is 17.4 Å². The van der Waals surface area contributed by atoms with Gasteiger partial charge in [0.25, 0.3) is 5.91 Å². The minimum absolute atomic E-state index is 0. The van der Waals surface area contributed by atoms with E-state index in [0.29, 0.717) is 17.7 Å². The van der Waals surface area contributed by atoms with E-state index in [4.69, 9.17) is 10.5 Å². The van der Waals surface area contributed by atoms with Crippen LogP contribution in [0, 0.1) is 0 Å². The van der Waals surface area contributed by atoms with Crippen molar-refractivity contribution in [3.63, 3.8) is 0 Å². The van der Waals surface area contributed by atoms with Crippen LogP contribution >= 0.6 is 35.9 Å². The molecule has 0 aliphatic carbocycles. The van der Waals surface area contributed by atoms with Gasteiger partial charge in [-0.15, -0.1) is 35.9 Å². The summed E-state index contributed by atoms with van der Waals surface area (Å²) in [6.45, 7) is 1.24. The van der Waals surface area contributed by atoms with Crippen molar-refractivity contribution in [2.75, 3.05) is 31.2 Å². The van der Waals surface area contributed by atoms with E-state index >= 15 is 0 Å². The van der Waals surface area contributed by atoms with E-state index in [-0.39, 0.29) is 24.9 Å². The minimum atomic E-state index is -0.106. The number of nitrogens with one attached hydrogen (secondary N) is 1. The predicted molar refractivity (Wildman–Crippen MR) is 98.1 cm³/mol. The normalized spacial score (nSPS) is 15.0. The highest BCUT2D eigenvalue weighted by molar-refractivity contribution is 8.16. The van der Waals surface area contributed by atoms with Gasteiger partial charge in [-0.2, -0.15) is 0 Å². The third-order valence-corrected chi connectivity index (χ3v) is 6.07. The van der Waals surface area contributed by atoms with Gasteiger partial charge in [0.05, 0.1) is 4.58 Å². The van der Waals surface area contributed by atoms with Crippen molar-refractivity contribution < 1.29 is 9.53 Å². The molecule has 1 amide bonds. The van der Waals surface area contributed by atoms with Crippen LogP contribution in [0.3, 0.4) is 0 Å². The van der Waals surface area contributed by atoms with E-state index in [9.17, 15) is 4.79 Å². The van der Waals surface area contributed by atoms with Crippen molar-refractivity contribution >= 4 is 41.8 Å². The lowest BCUT2D eigenvalue weighted by molar-refractivity contribution is -0.123. The van der Waals surface area contributed by atoms with Gasteiger partial charge in [0, 0.05) is 6.54 Å². The Kier molecular flexibility index (Phi) is 9.79. The predicted octanol–water partition coefficient (Wildman–Crippen LogP) is 2.82. The molecule has 0 bridgehead atoms. The highest BCUT2D eigenvalue weighted by Crippen LogP contribution is 2.43. The van der Waals surface area contributed by atoms with E-state index in [1.807, 2.05) is 35.7 Å². The molecule has 3 N–H and O–H groups in total. The van der Waals surface area contributed by atoms with Crippen LogP contribution in [0.1, 0.15) is 23.0 Å². The maximum absolute atomic E-state index is 11.5. The van der Waals surface area contributed by atoms with E-state index in [1.54, 1.807) is 0 Å². The molecule has 22 heavy (non-hydrogen) atoms. The molecular weight excluding hydrogens is 340 g/mol. The fraction of sp³-hybridized carbons (Fsp3) is 0.533. The zero-order valence-electron chi connectivity index (χ0n) is 12.5. The summed E-state index contributed by atoms with van der Waals surface area (Å²) in [4.78, 5) is 11.5. The molecule has 1 aliphatic heterocycles. The quantitative estimate of drug-likeness (QED) is 0.730. The summed E-state index contributed by atoms with van der Waals surface area (Å²) in [5.74, 6) is 3.10. The highest BCUT2D eigenvalue weighted by Gasteiger charge is 2.16. The fourth-order valence-corrected chi connectivity index (χ4v) is 4.83. The first-order chi connectivity index (χ1) is 10.3. The molecule has 0 spiro atoms. The van der Waals surface area contributed by atoms with Crippen molar-refractivity contribution in [1.82, 2.24) is 5.32 Å². The van der Waals surface area contributed by atoms with E-state index < -0.39 is 0 Å². The van der Waals surface area contributed by atoms with Crippen LogP contribution in [0.2, 0.25) is 0 Å². The molecule has 0 unspecified atom stereocenters. The molecule has 1 heterocycles. The molecule has 0 radical (unpaired) electrons. The minimum Gasteiger partial charge on any atom is -0.484 e. The monoisotopic (exact) mass is 362 g/mol. The molecule has 4 nitrogen and oxygen atoms in total. The summed E-state index contributed by atoms with van der Waals surface area (Å²) in [5, 5.41) is 2.77. The Labute approximate surface area is 146 Å². The van der Waals surface area contributed by atoms with Gasteiger partial charge in [0.1, 0.15) is 5.75 Å². The van der Waals surface area contributed by atoms with Gasteiger partial charge < -0.3 is 15.8 Å². The zero-order chi connectivity index (χ0) is 14.9. The van der Waals surface area contributed by atoms with Gasteiger partial charge in [-0.05, 0) is 48.6 Å². The molecule has 124 valence electrons. The Balaban J connectivity index is 0.00000242. The summed E-state index contributed by atoms with van der Waals surface area (Å²) < 4.78 is 6.02. The van der Waals surface area contributed by atoms with Gasteiger partial charge >= 0.3 is 0 Å². The molecule has 0 saturated carbocycles. The molecule has 1 aliphatic rings. The number of rotatable bonds is 7. The van der Waals surface area contributed by atoms with Gasteiger partial charge in [-0.1, -0.05) is 12.1 Å². The summed E-state index contributed by atoms with van der Waals surface area (Å²) >= 11 is 4.00. The maximum Gasteiger partial charge on any atom is 0.257 e. The van der Waals surface area contributed by atoms with Crippen LogP contribution in [0.25, 0.3) is 0 Å². The molecule has 1 aromatic carbocycles. The molecule has 7 heteroatoms. The van der Waals surface area contributed by atoms with Gasteiger partial charge in [0.15, 0.2) is 6.61 Å². The van der Waals surface area contributed by atoms with Crippen molar-refractivity contribution in [2.24, 2.45) is 5.73 Å². The van der Waals surface area contributed by atoms with Gasteiger partial charge in [-0.25, -0.2) is 0 Å². The summed E-state index contributed by atoms with van der Waals surface area (Å²) in [6.07, 6.45) is 2.09. The number of amides is 1. The Morgan fingerprint density at radius 3 is 2.59 bits per heavy atom.